The molecule has 0 amide bonds. The Balaban J connectivity index is 2.04. The van der Waals surface area contributed by atoms with E-state index in [0.29, 0.717) is 5.56 Å². The van der Waals surface area contributed by atoms with Crippen molar-refractivity contribution >= 4 is 0 Å². The first kappa shape index (κ1) is 15.2. The van der Waals surface area contributed by atoms with E-state index in [1.54, 1.807) is 29.8 Å². The van der Waals surface area contributed by atoms with Gasteiger partial charge in [-0.25, -0.2) is 4.39 Å². The maximum atomic E-state index is 13.1. The highest BCUT2D eigenvalue weighted by Crippen LogP contribution is 2.21. The van der Waals surface area contributed by atoms with Gasteiger partial charge in [0.2, 0.25) is 0 Å². The van der Waals surface area contributed by atoms with Crippen molar-refractivity contribution < 1.29 is 4.39 Å². The number of rotatable bonds is 3. The zero-order valence-corrected chi connectivity index (χ0v) is 12.7. The Hall–Kier alpha value is -2.72. The summed E-state index contributed by atoms with van der Waals surface area (Å²) in [5, 5.41) is 0. The monoisotopic (exact) mass is 308 g/mol. The van der Waals surface area contributed by atoms with Crippen LogP contribution < -0.4 is 11.3 Å². The zero-order valence-electron chi connectivity index (χ0n) is 12.7. The molecule has 2 N–H and O–H groups in total. The van der Waals surface area contributed by atoms with Crippen molar-refractivity contribution in [2.24, 2.45) is 12.8 Å². The summed E-state index contributed by atoms with van der Waals surface area (Å²) >= 11 is 0. The molecule has 3 nitrogen and oxygen atoms in total. The van der Waals surface area contributed by atoms with Crippen LogP contribution in [-0.4, -0.2) is 4.57 Å². The highest BCUT2D eigenvalue weighted by Gasteiger charge is 2.15. The molecule has 1 atom stereocenters. The van der Waals surface area contributed by atoms with Gasteiger partial charge < -0.3 is 10.3 Å². The van der Waals surface area contributed by atoms with E-state index in [9.17, 15) is 9.18 Å². The SMILES string of the molecule is Cn1c(-c2ccc(F)cc2)ccc(C(N)c2ccccc2)c1=O. The predicted octanol–water partition coefficient (Wildman–Crippen LogP) is 3.24. The molecule has 4 heteroatoms. The summed E-state index contributed by atoms with van der Waals surface area (Å²) in [6, 6.07) is 18.7. The van der Waals surface area contributed by atoms with Crippen LogP contribution in [0.25, 0.3) is 11.3 Å². The van der Waals surface area contributed by atoms with Crippen molar-refractivity contribution in [3.8, 4) is 11.3 Å². The summed E-state index contributed by atoms with van der Waals surface area (Å²) in [5.41, 5.74) is 9.01. The largest absolute Gasteiger partial charge is 0.320 e. The topological polar surface area (TPSA) is 48.0 Å². The number of benzene rings is 2. The molecule has 1 heterocycles. The lowest BCUT2D eigenvalue weighted by Gasteiger charge is -2.15. The number of nitrogens with zero attached hydrogens (tertiary/aromatic N) is 1. The Labute approximate surface area is 133 Å². The smallest absolute Gasteiger partial charge is 0.255 e. The Morgan fingerprint density at radius 1 is 0.957 bits per heavy atom. The van der Waals surface area contributed by atoms with Gasteiger partial charge in [-0.05, 0) is 47.5 Å². The van der Waals surface area contributed by atoms with Crippen LogP contribution in [0.5, 0.6) is 0 Å². The lowest BCUT2D eigenvalue weighted by molar-refractivity contribution is 0.628. The average Bonchev–Trinajstić information content (AvgIpc) is 2.58. The standard InChI is InChI=1S/C19H17FN2O/c1-22-17(13-7-9-15(20)10-8-13)12-11-16(19(22)23)18(21)14-5-3-2-4-6-14/h2-12,18H,21H2,1H3. The molecule has 1 unspecified atom stereocenters. The Kier molecular flexibility index (Phi) is 4.08. The molecule has 0 saturated carbocycles. The molecule has 0 aliphatic heterocycles. The minimum Gasteiger partial charge on any atom is -0.320 e. The molecule has 1 aromatic heterocycles. The average molecular weight is 308 g/mol. The van der Waals surface area contributed by atoms with E-state index < -0.39 is 6.04 Å². The molecule has 116 valence electrons. The molecule has 0 aliphatic carbocycles. The number of hydrogen-bond acceptors (Lipinski definition) is 2. The number of hydrogen-bond donors (Lipinski definition) is 1. The van der Waals surface area contributed by atoms with Gasteiger partial charge in [0.15, 0.2) is 0 Å². The van der Waals surface area contributed by atoms with E-state index in [4.69, 9.17) is 5.73 Å². The van der Waals surface area contributed by atoms with Crippen molar-refractivity contribution in [3.63, 3.8) is 0 Å². The lowest BCUT2D eigenvalue weighted by Crippen LogP contribution is -2.28. The molecule has 0 bridgehead atoms. The van der Waals surface area contributed by atoms with Gasteiger partial charge in [-0.2, -0.15) is 0 Å². The van der Waals surface area contributed by atoms with Crippen molar-refractivity contribution in [1.29, 1.82) is 0 Å². The van der Waals surface area contributed by atoms with Gasteiger partial charge in [0.1, 0.15) is 5.82 Å². The molecule has 0 radical (unpaired) electrons. The second-order valence-corrected chi connectivity index (χ2v) is 5.43. The van der Waals surface area contributed by atoms with Gasteiger partial charge in [-0.3, -0.25) is 4.79 Å². The molecule has 23 heavy (non-hydrogen) atoms. The highest BCUT2D eigenvalue weighted by atomic mass is 19.1. The van der Waals surface area contributed by atoms with Crippen molar-refractivity contribution in [2.45, 2.75) is 6.04 Å². The molecule has 2 aromatic carbocycles. The minimum absolute atomic E-state index is 0.150. The van der Waals surface area contributed by atoms with Crippen molar-refractivity contribution in [2.75, 3.05) is 0 Å². The van der Waals surface area contributed by atoms with E-state index in [1.807, 2.05) is 36.4 Å². The second-order valence-electron chi connectivity index (χ2n) is 5.43. The van der Waals surface area contributed by atoms with Gasteiger partial charge in [0.05, 0.1) is 11.7 Å². The minimum atomic E-state index is -0.475. The highest BCUT2D eigenvalue weighted by molar-refractivity contribution is 5.60. The first-order chi connectivity index (χ1) is 11.1. The molecule has 0 spiro atoms. The van der Waals surface area contributed by atoms with Crippen molar-refractivity contribution in [1.82, 2.24) is 4.57 Å². The van der Waals surface area contributed by atoms with Crippen LogP contribution in [0.4, 0.5) is 4.39 Å². The van der Waals surface area contributed by atoms with E-state index in [1.165, 1.54) is 12.1 Å². The first-order valence-corrected chi connectivity index (χ1v) is 7.34. The van der Waals surface area contributed by atoms with Crippen LogP contribution in [0.2, 0.25) is 0 Å². The summed E-state index contributed by atoms with van der Waals surface area (Å²) in [7, 11) is 1.70. The van der Waals surface area contributed by atoms with E-state index in [-0.39, 0.29) is 11.4 Å². The Morgan fingerprint density at radius 3 is 2.26 bits per heavy atom. The van der Waals surface area contributed by atoms with Crippen molar-refractivity contribution in [3.05, 3.63) is 94.0 Å². The Bertz CT molecular complexity index is 870. The molecule has 0 saturated heterocycles. The molecular weight excluding hydrogens is 291 g/mol. The van der Waals surface area contributed by atoms with Crippen LogP contribution in [0, 0.1) is 5.82 Å². The number of pyridine rings is 1. The van der Waals surface area contributed by atoms with Gasteiger partial charge in [-0.1, -0.05) is 30.3 Å². The molecule has 0 fully saturated rings. The van der Waals surface area contributed by atoms with Crippen LogP contribution >= 0.6 is 0 Å². The molecule has 0 aliphatic rings. The summed E-state index contributed by atoms with van der Waals surface area (Å²) in [6.07, 6.45) is 0. The third kappa shape index (κ3) is 2.94. The second kappa shape index (κ2) is 6.18. The molecular formula is C19H17FN2O. The maximum absolute atomic E-state index is 13.1. The summed E-state index contributed by atoms with van der Waals surface area (Å²) in [4.78, 5) is 12.7. The molecule has 3 aromatic rings. The summed E-state index contributed by atoms with van der Waals surface area (Å²) in [5.74, 6) is -0.304. The first-order valence-electron chi connectivity index (χ1n) is 7.34. The predicted molar refractivity (Wildman–Crippen MR) is 89.5 cm³/mol. The third-order valence-electron chi connectivity index (χ3n) is 3.97. The van der Waals surface area contributed by atoms with E-state index in [2.05, 4.69) is 0 Å². The third-order valence-corrected chi connectivity index (χ3v) is 3.97. The Morgan fingerprint density at radius 2 is 1.61 bits per heavy atom. The normalized spacial score (nSPS) is 12.1. The van der Waals surface area contributed by atoms with Crippen LogP contribution in [-0.2, 0) is 7.05 Å². The number of nitrogens with two attached hydrogens (primary N) is 1. The lowest BCUT2D eigenvalue weighted by atomic mass is 10.00. The maximum Gasteiger partial charge on any atom is 0.255 e. The van der Waals surface area contributed by atoms with Crippen LogP contribution in [0.3, 0.4) is 0 Å². The van der Waals surface area contributed by atoms with Gasteiger partial charge in [-0.15, -0.1) is 0 Å². The fourth-order valence-electron chi connectivity index (χ4n) is 2.64. The zero-order chi connectivity index (χ0) is 16.4. The van der Waals surface area contributed by atoms with Crippen LogP contribution in [0.1, 0.15) is 17.2 Å². The van der Waals surface area contributed by atoms with Gasteiger partial charge >= 0.3 is 0 Å². The fraction of sp³-hybridized carbons (Fsp3) is 0.105. The fourth-order valence-corrected chi connectivity index (χ4v) is 2.64. The van der Waals surface area contributed by atoms with E-state index in [0.717, 1.165) is 16.8 Å². The van der Waals surface area contributed by atoms with Crippen LogP contribution in [0.15, 0.2) is 71.5 Å². The quantitative estimate of drug-likeness (QED) is 0.807. The summed E-state index contributed by atoms with van der Waals surface area (Å²) in [6.45, 7) is 0. The summed E-state index contributed by atoms with van der Waals surface area (Å²) < 4.78 is 14.6. The van der Waals surface area contributed by atoms with Gasteiger partial charge in [0.25, 0.3) is 5.56 Å². The number of halogens is 1. The molecule has 3 rings (SSSR count). The van der Waals surface area contributed by atoms with Gasteiger partial charge in [0, 0.05) is 12.6 Å². The number of aromatic nitrogens is 1. The van der Waals surface area contributed by atoms with E-state index >= 15 is 0 Å².